The lowest BCUT2D eigenvalue weighted by Crippen LogP contribution is -2.35. The maximum absolute atomic E-state index is 4.76. The highest BCUT2D eigenvalue weighted by Crippen LogP contribution is 2.34. The van der Waals surface area contributed by atoms with E-state index in [4.69, 9.17) is 4.99 Å². The van der Waals surface area contributed by atoms with Crippen LogP contribution in [0.2, 0.25) is 0 Å². The normalized spacial score (nSPS) is 15.6. The largest absolute Gasteiger partial charge is 0.262 e. The molecule has 2 aromatic carbocycles. The Morgan fingerprint density at radius 3 is 2.35 bits per heavy atom. The molecule has 0 aliphatic carbocycles. The van der Waals surface area contributed by atoms with Crippen LogP contribution in [0.3, 0.4) is 0 Å². The van der Waals surface area contributed by atoms with Crippen molar-refractivity contribution in [1.29, 1.82) is 0 Å². The fourth-order valence-corrected chi connectivity index (χ4v) is 2.70. The molecule has 0 atom stereocenters. The van der Waals surface area contributed by atoms with Gasteiger partial charge in [0.2, 0.25) is 0 Å². The molecule has 0 aromatic heterocycles. The fourth-order valence-electron chi connectivity index (χ4n) is 2.25. The van der Waals surface area contributed by atoms with Crippen LogP contribution in [-0.2, 0) is 0 Å². The van der Waals surface area contributed by atoms with Crippen LogP contribution >= 0.6 is 15.9 Å². The van der Waals surface area contributed by atoms with E-state index in [1.807, 2.05) is 53.4 Å². The van der Waals surface area contributed by atoms with Crippen LogP contribution in [0.1, 0.15) is 5.56 Å². The van der Waals surface area contributed by atoms with Crippen molar-refractivity contribution in [3.63, 3.8) is 0 Å². The maximum Gasteiger partial charge on any atom is 0.184 e. The standard InChI is InChI=1S/C15H9BrN4/c16-15-19-11-6-2-1-5-10(11)14-18-13-8-4-3-7-12(13)17-9-20(14)15/h1-9H. The summed E-state index contributed by atoms with van der Waals surface area (Å²) >= 11 is 3.48. The fraction of sp³-hybridized carbons (Fsp3) is 0. The van der Waals surface area contributed by atoms with Crippen LogP contribution in [0.5, 0.6) is 0 Å². The Morgan fingerprint density at radius 2 is 1.50 bits per heavy atom. The summed E-state index contributed by atoms with van der Waals surface area (Å²) in [5.74, 6) is 0.830. The number of benzene rings is 2. The Labute approximate surface area is 124 Å². The van der Waals surface area contributed by atoms with Gasteiger partial charge in [0.1, 0.15) is 12.2 Å². The summed E-state index contributed by atoms with van der Waals surface area (Å²) in [5, 5.41) is 0. The van der Waals surface area contributed by atoms with E-state index in [1.165, 1.54) is 0 Å². The van der Waals surface area contributed by atoms with Gasteiger partial charge in [0.05, 0.1) is 17.1 Å². The molecular formula is C15H9BrN4. The molecule has 5 heteroatoms. The molecule has 2 aliphatic rings. The lowest BCUT2D eigenvalue weighted by Gasteiger charge is -2.24. The quantitative estimate of drug-likeness (QED) is 0.671. The van der Waals surface area contributed by atoms with Crippen LogP contribution < -0.4 is 0 Å². The first-order valence-electron chi connectivity index (χ1n) is 6.18. The third-order valence-electron chi connectivity index (χ3n) is 3.21. The average molecular weight is 325 g/mol. The Balaban J connectivity index is 2.01. The first-order chi connectivity index (χ1) is 9.83. The molecule has 0 unspecified atom stereocenters. The lowest BCUT2D eigenvalue weighted by molar-refractivity contribution is 0.942. The Kier molecular flexibility index (Phi) is 2.53. The molecule has 96 valence electrons. The van der Waals surface area contributed by atoms with E-state index in [0.717, 1.165) is 28.5 Å². The molecule has 0 saturated carbocycles. The third kappa shape index (κ3) is 1.71. The number of para-hydroxylation sites is 3. The second kappa shape index (κ2) is 4.38. The topological polar surface area (TPSA) is 40.3 Å². The molecule has 2 aromatic rings. The number of rotatable bonds is 0. The van der Waals surface area contributed by atoms with Gasteiger partial charge in [-0.3, -0.25) is 4.90 Å². The van der Waals surface area contributed by atoms with E-state index in [2.05, 4.69) is 25.9 Å². The van der Waals surface area contributed by atoms with Crippen molar-refractivity contribution < 1.29 is 0 Å². The summed E-state index contributed by atoms with van der Waals surface area (Å²) in [6.07, 6.45) is 1.74. The molecule has 4 nitrogen and oxygen atoms in total. The van der Waals surface area contributed by atoms with E-state index in [1.54, 1.807) is 6.34 Å². The summed E-state index contributed by atoms with van der Waals surface area (Å²) in [6.45, 7) is 0. The van der Waals surface area contributed by atoms with E-state index >= 15 is 0 Å². The SMILES string of the molecule is BrC1=Nc2ccccc2C2=Nc3ccccc3N=CN12. The van der Waals surface area contributed by atoms with Crippen LogP contribution in [0, 0.1) is 0 Å². The lowest BCUT2D eigenvalue weighted by atomic mass is 10.1. The van der Waals surface area contributed by atoms with Gasteiger partial charge in [0.15, 0.2) is 4.74 Å². The Morgan fingerprint density at radius 1 is 0.800 bits per heavy atom. The number of fused-ring (bicyclic) bond motifs is 4. The van der Waals surface area contributed by atoms with E-state index < -0.39 is 0 Å². The summed E-state index contributed by atoms with van der Waals surface area (Å²) in [4.78, 5) is 15.6. The van der Waals surface area contributed by atoms with Gasteiger partial charge in [-0.15, -0.1) is 0 Å². The molecule has 0 amide bonds. The third-order valence-corrected chi connectivity index (χ3v) is 3.76. The van der Waals surface area contributed by atoms with Crippen molar-refractivity contribution >= 4 is 49.9 Å². The minimum atomic E-state index is 0.687. The Bertz CT molecular complexity index is 792. The number of hydrogen-bond acceptors (Lipinski definition) is 4. The Hall–Kier alpha value is -2.27. The van der Waals surface area contributed by atoms with Crippen LogP contribution in [0.25, 0.3) is 0 Å². The van der Waals surface area contributed by atoms with Gasteiger partial charge in [-0.05, 0) is 40.2 Å². The molecule has 0 radical (unpaired) electrons. The van der Waals surface area contributed by atoms with Crippen molar-refractivity contribution in [3.05, 3.63) is 54.1 Å². The van der Waals surface area contributed by atoms with Gasteiger partial charge in [0.25, 0.3) is 0 Å². The van der Waals surface area contributed by atoms with E-state index in [-0.39, 0.29) is 0 Å². The van der Waals surface area contributed by atoms with Crippen molar-refractivity contribution in [2.75, 3.05) is 0 Å². The van der Waals surface area contributed by atoms with E-state index in [9.17, 15) is 0 Å². The zero-order chi connectivity index (χ0) is 13.5. The highest BCUT2D eigenvalue weighted by Gasteiger charge is 2.25. The molecule has 2 heterocycles. The summed E-state index contributed by atoms with van der Waals surface area (Å²) < 4.78 is 0.687. The molecular weight excluding hydrogens is 316 g/mol. The second-order valence-corrected chi connectivity index (χ2v) is 5.15. The molecule has 0 N–H and O–H groups in total. The molecule has 4 rings (SSSR count). The first kappa shape index (κ1) is 11.5. The molecule has 0 fully saturated rings. The monoisotopic (exact) mass is 324 g/mol. The molecule has 2 aliphatic heterocycles. The highest BCUT2D eigenvalue weighted by molar-refractivity contribution is 9.18. The van der Waals surface area contributed by atoms with Gasteiger partial charge in [-0.25, -0.2) is 15.0 Å². The molecule has 20 heavy (non-hydrogen) atoms. The predicted molar refractivity (Wildman–Crippen MR) is 85.1 cm³/mol. The molecule has 0 spiro atoms. The van der Waals surface area contributed by atoms with Crippen LogP contribution in [0.4, 0.5) is 17.1 Å². The zero-order valence-electron chi connectivity index (χ0n) is 10.4. The highest BCUT2D eigenvalue weighted by atomic mass is 79.9. The maximum atomic E-state index is 4.76. The van der Waals surface area contributed by atoms with Gasteiger partial charge < -0.3 is 0 Å². The van der Waals surface area contributed by atoms with Crippen LogP contribution in [-0.4, -0.2) is 21.8 Å². The van der Waals surface area contributed by atoms with Gasteiger partial charge >= 0.3 is 0 Å². The van der Waals surface area contributed by atoms with E-state index in [0.29, 0.717) is 4.74 Å². The summed E-state index contributed by atoms with van der Waals surface area (Å²) in [7, 11) is 0. The average Bonchev–Trinajstić information content (AvgIpc) is 2.67. The number of nitrogens with zero attached hydrogens (tertiary/aromatic N) is 4. The zero-order valence-corrected chi connectivity index (χ0v) is 11.9. The van der Waals surface area contributed by atoms with Crippen LogP contribution in [0.15, 0.2) is 63.5 Å². The van der Waals surface area contributed by atoms with Gasteiger partial charge in [-0.2, -0.15) is 0 Å². The summed E-state index contributed by atoms with van der Waals surface area (Å²) in [5.41, 5.74) is 3.62. The van der Waals surface area contributed by atoms with Gasteiger partial charge in [0, 0.05) is 5.56 Å². The second-order valence-electron chi connectivity index (χ2n) is 4.44. The summed E-state index contributed by atoms with van der Waals surface area (Å²) in [6, 6.07) is 15.8. The van der Waals surface area contributed by atoms with Crippen molar-refractivity contribution in [1.82, 2.24) is 4.90 Å². The number of aliphatic imine (C=N–C) groups is 3. The van der Waals surface area contributed by atoms with Crippen molar-refractivity contribution in [2.45, 2.75) is 0 Å². The smallest absolute Gasteiger partial charge is 0.184 e. The number of halogens is 1. The number of hydrogen-bond donors (Lipinski definition) is 0. The van der Waals surface area contributed by atoms with Crippen molar-refractivity contribution in [3.8, 4) is 0 Å². The molecule has 0 saturated heterocycles. The molecule has 0 bridgehead atoms. The van der Waals surface area contributed by atoms with Crippen molar-refractivity contribution in [2.24, 2.45) is 15.0 Å². The minimum absolute atomic E-state index is 0.687. The first-order valence-corrected chi connectivity index (χ1v) is 6.97. The predicted octanol–water partition coefficient (Wildman–Crippen LogP) is 4.14. The number of amidine groups is 2. The van der Waals surface area contributed by atoms with Gasteiger partial charge in [-0.1, -0.05) is 24.3 Å². The minimum Gasteiger partial charge on any atom is -0.262 e.